The van der Waals surface area contributed by atoms with Crippen LogP contribution in [0.2, 0.25) is 0 Å². The third-order valence-corrected chi connectivity index (χ3v) is 8.26. The lowest BCUT2D eigenvalue weighted by atomic mass is 10.00. The number of halogens is 1. The normalized spacial score (nSPS) is 15.8. The molecule has 3 N–H and O–H groups in total. The number of carbonyl (C=O) groups excluding carboxylic acids is 2. The van der Waals surface area contributed by atoms with E-state index >= 15 is 0 Å². The molecule has 14 heteroatoms. The Morgan fingerprint density at radius 2 is 1.71 bits per heavy atom. The fraction of sp³-hybridized carbons (Fsp3) is 0.667. The van der Waals surface area contributed by atoms with Crippen LogP contribution in [0.5, 0.6) is 0 Å². The molecule has 234 valence electrons. The van der Waals surface area contributed by atoms with Crippen LogP contribution in [0.1, 0.15) is 72.8 Å². The summed E-state index contributed by atoms with van der Waals surface area (Å²) in [5, 5.41) is 22.0. The van der Waals surface area contributed by atoms with Gasteiger partial charge in [-0.1, -0.05) is 61.7 Å². The minimum absolute atomic E-state index is 0.0303. The number of hydrogen-bond acceptors (Lipinski definition) is 9. The van der Waals surface area contributed by atoms with E-state index in [-0.39, 0.29) is 18.9 Å². The first-order chi connectivity index (χ1) is 19.2. The van der Waals surface area contributed by atoms with E-state index in [4.69, 9.17) is 14.1 Å². The number of hydroxylamine groups is 2. The van der Waals surface area contributed by atoms with E-state index in [1.54, 1.807) is 31.2 Å². The van der Waals surface area contributed by atoms with E-state index in [0.29, 0.717) is 18.4 Å². The topological polar surface area (TPSA) is 161 Å². The van der Waals surface area contributed by atoms with Crippen LogP contribution in [0.15, 0.2) is 28.7 Å². The average Bonchev–Trinajstić information content (AvgIpc) is 2.88. The van der Waals surface area contributed by atoms with Crippen molar-refractivity contribution in [1.29, 1.82) is 0 Å². The van der Waals surface area contributed by atoms with Crippen LogP contribution >= 0.6 is 23.5 Å². The van der Waals surface area contributed by atoms with Crippen LogP contribution in [0, 0.1) is 11.8 Å². The molecule has 1 aromatic carbocycles. The van der Waals surface area contributed by atoms with Gasteiger partial charge in [0.25, 0.3) is 0 Å². The fourth-order valence-corrected chi connectivity index (χ4v) is 5.78. The molecule has 12 nitrogen and oxygen atoms in total. The molecule has 41 heavy (non-hydrogen) atoms. The molecule has 1 aromatic rings. The third kappa shape index (κ3) is 14.1. The Morgan fingerprint density at radius 1 is 1.07 bits per heavy atom. The standard InChI is InChI=1S/C27H44BrN2O10P/c1-7-8-9-14-37-30(27(34)38-19(4)15-18(2)3)21(6)39-41(36,40-35)17-23(25(31)29-20(5)26(32)33)16-22-10-12-24(28)13-11-22/h10-13,18-21,23,35H,7-9,14-17H2,1-6H3,(H,29,31)(H,32,33). The zero-order valence-electron chi connectivity index (χ0n) is 24.6. The van der Waals surface area contributed by atoms with E-state index in [1.165, 1.54) is 13.8 Å². The Labute approximate surface area is 250 Å². The van der Waals surface area contributed by atoms with E-state index in [1.807, 2.05) is 20.8 Å². The van der Waals surface area contributed by atoms with Crippen molar-refractivity contribution >= 4 is 41.5 Å². The summed E-state index contributed by atoms with van der Waals surface area (Å²) < 4.78 is 29.8. The molecule has 0 spiro atoms. The van der Waals surface area contributed by atoms with E-state index in [9.17, 15) is 29.3 Å². The van der Waals surface area contributed by atoms with Crippen molar-refractivity contribution in [2.45, 2.75) is 92.0 Å². The third-order valence-electron chi connectivity index (χ3n) is 5.97. The number of nitrogens with zero attached hydrogens (tertiary/aromatic N) is 1. The SMILES string of the molecule is CCCCCON(C(=O)OC(C)CC(C)C)C(C)OP(=O)(CC(Cc1ccc(Br)cc1)C(=O)NC(C)C(=O)O)OO. The van der Waals surface area contributed by atoms with Crippen molar-refractivity contribution in [2.75, 3.05) is 12.8 Å². The van der Waals surface area contributed by atoms with Crippen LogP contribution in [0.25, 0.3) is 0 Å². The summed E-state index contributed by atoms with van der Waals surface area (Å²) in [4.78, 5) is 43.0. The predicted octanol–water partition coefficient (Wildman–Crippen LogP) is 6.24. The summed E-state index contributed by atoms with van der Waals surface area (Å²) >= 11 is 3.34. The summed E-state index contributed by atoms with van der Waals surface area (Å²) in [6, 6.07) is 5.76. The molecule has 0 aliphatic rings. The molecule has 1 rings (SSSR count). The van der Waals surface area contributed by atoms with Gasteiger partial charge in [0.2, 0.25) is 5.91 Å². The molecule has 5 atom stereocenters. The fourth-order valence-electron chi connectivity index (χ4n) is 3.94. The van der Waals surface area contributed by atoms with Gasteiger partial charge in [-0.05, 0) is 63.6 Å². The molecule has 0 radical (unpaired) electrons. The lowest BCUT2D eigenvalue weighted by Crippen LogP contribution is -2.44. The Hall–Kier alpha value is -2.02. The molecule has 0 fully saturated rings. The Balaban J connectivity index is 3.18. The summed E-state index contributed by atoms with van der Waals surface area (Å²) in [7, 11) is -4.47. The van der Waals surface area contributed by atoms with Crippen molar-refractivity contribution < 1.29 is 48.1 Å². The zero-order valence-corrected chi connectivity index (χ0v) is 27.1. The second kappa shape index (κ2) is 18.5. The second-order valence-electron chi connectivity index (χ2n) is 10.4. The van der Waals surface area contributed by atoms with Crippen molar-refractivity contribution in [3.05, 3.63) is 34.3 Å². The molecule has 0 saturated heterocycles. The van der Waals surface area contributed by atoms with Gasteiger partial charge in [-0.15, -0.1) is 0 Å². The molecule has 0 bridgehead atoms. The number of carboxylic acid groups (broad SMARTS) is 1. The number of carboxylic acids is 1. The highest BCUT2D eigenvalue weighted by molar-refractivity contribution is 9.10. The molecule has 2 amide bonds. The van der Waals surface area contributed by atoms with Crippen molar-refractivity contribution in [2.24, 2.45) is 11.8 Å². The number of unbranched alkanes of at least 4 members (excludes halogenated alkanes) is 2. The highest BCUT2D eigenvalue weighted by Crippen LogP contribution is 2.51. The summed E-state index contributed by atoms with van der Waals surface area (Å²) in [5.41, 5.74) is 0.678. The first-order valence-corrected chi connectivity index (χ1v) is 16.2. The molecular weight excluding hydrogens is 623 g/mol. The maximum absolute atomic E-state index is 13.6. The smallest absolute Gasteiger partial charge is 0.436 e. The zero-order chi connectivity index (χ0) is 31.2. The highest BCUT2D eigenvalue weighted by atomic mass is 79.9. The van der Waals surface area contributed by atoms with Crippen LogP contribution in [-0.4, -0.2) is 64.5 Å². The minimum atomic E-state index is -4.47. The molecule has 0 aliphatic carbocycles. The van der Waals surface area contributed by atoms with Gasteiger partial charge in [0, 0.05) is 4.47 Å². The number of ether oxygens (including phenoxy) is 1. The first-order valence-electron chi connectivity index (χ1n) is 13.7. The van der Waals surface area contributed by atoms with Crippen molar-refractivity contribution in [1.82, 2.24) is 10.4 Å². The van der Waals surface area contributed by atoms with Crippen LogP contribution in [0.3, 0.4) is 0 Å². The number of hydrogen-bond donors (Lipinski definition) is 3. The summed E-state index contributed by atoms with van der Waals surface area (Å²) in [5.74, 6) is -2.84. The van der Waals surface area contributed by atoms with Gasteiger partial charge in [0.05, 0.1) is 18.7 Å². The monoisotopic (exact) mass is 666 g/mol. The lowest BCUT2D eigenvalue weighted by Gasteiger charge is -2.31. The van der Waals surface area contributed by atoms with Gasteiger partial charge in [-0.3, -0.25) is 23.5 Å². The molecule has 5 unspecified atom stereocenters. The maximum atomic E-state index is 13.6. The predicted molar refractivity (Wildman–Crippen MR) is 156 cm³/mol. The first kappa shape index (κ1) is 37.0. The van der Waals surface area contributed by atoms with E-state index in [0.717, 1.165) is 22.4 Å². The second-order valence-corrected chi connectivity index (χ2v) is 13.2. The number of rotatable bonds is 19. The highest BCUT2D eigenvalue weighted by Gasteiger charge is 2.39. The molecule has 0 aromatic heterocycles. The van der Waals surface area contributed by atoms with Gasteiger partial charge in [-0.2, -0.15) is 9.74 Å². The number of amides is 2. The molecule has 0 aliphatic heterocycles. The molecule has 0 heterocycles. The van der Waals surface area contributed by atoms with E-state index < -0.39 is 56.0 Å². The van der Waals surface area contributed by atoms with Crippen molar-refractivity contribution in [3.8, 4) is 0 Å². The van der Waals surface area contributed by atoms with Gasteiger partial charge in [0.1, 0.15) is 12.1 Å². The number of carbonyl (C=O) groups is 3. The number of nitrogens with one attached hydrogen (secondary N) is 1. The van der Waals surface area contributed by atoms with Gasteiger partial charge < -0.3 is 15.2 Å². The lowest BCUT2D eigenvalue weighted by molar-refractivity contribution is -0.215. The summed E-state index contributed by atoms with van der Waals surface area (Å²) in [6.45, 7) is 10.5. The van der Waals surface area contributed by atoms with Crippen LogP contribution in [0.4, 0.5) is 4.79 Å². The largest absolute Gasteiger partial charge is 0.480 e. The van der Waals surface area contributed by atoms with Crippen molar-refractivity contribution in [3.63, 3.8) is 0 Å². The van der Waals surface area contributed by atoms with Crippen LogP contribution in [-0.2, 0) is 39.3 Å². The Morgan fingerprint density at radius 3 is 2.24 bits per heavy atom. The maximum Gasteiger partial charge on any atom is 0.436 e. The Kier molecular flexibility index (Phi) is 16.7. The average molecular weight is 668 g/mol. The van der Waals surface area contributed by atoms with Crippen LogP contribution < -0.4 is 5.32 Å². The van der Waals surface area contributed by atoms with E-state index in [2.05, 4.69) is 25.9 Å². The number of aliphatic carboxylic acids is 1. The molecular formula is C27H44BrN2O10P. The molecule has 0 saturated carbocycles. The minimum Gasteiger partial charge on any atom is -0.480 e. The summed E-state index contributed by atoms with van der Waals surface area (Å²) in [6.07, 6.45) is -0.235. The number of benzene rings is 1. The van der Waals surface area contributed by atoms with Gasteiger partial charge >= 0.3 is 19.7 Å². The van der Waals surface area contributed by atoms with Gasteiger partial charge in [-0.25, -0.2) is 10.1 Å². The quantitative estimate of drug-likeness (QED) is 0.0507. The van der Waals surface area contributed by atoms with Gasteiger partial charge in [0.15, 0.2) is 6.23 Å². The Bertz CT molecular complexity index is 1010.